The van der Waals surface area contributed by atoms with E-state index in [0.717, 1.165) is 19.4 Å². The van der Waals surface area contributed by atoms with E-state index in [0.29, 0.717) is 6.61 Å². The molecule has 1 atom stereocenters. The second-order valence-electron chi connectivity index (χ2n) is 3.80. The molecule has 0 spiro atoms. The van der Waals surface area contributed by atoms with E-state index in [9.17, 15) is 0 Å². The van der Waals surface area contributed by atoms with E-state index in [1.165, 1.54) is 10.0 Å². The van der Waals surface area contributed by atoms with Gasteiger partial charge < -0.3 is 0 Å². The molecular weight excluding hydrogens is 328 g/mol. The van der Waals surface area contributed by atoms with Crippen molar-refractivity contribution in [3.05, 3.63) is 30.3 Å². The molecule has 90 valence electrons. The van der Waals surface area contributed by atoms with Gasteiger partial charge in [-0.3, -0.25) is 0 Å². The average Bonchev–Trinajstić information content (AvgIpc) is 2.41. The van der Waals surface area contributed by atoms with Crippen LogP contribution in [-0.4, -0.2) is 40.4 Å². The Balaban J connectivity index is 1.65. The minimum absolute atomic E-state index is 0.0182. The summed E-state index contributed by atoms with van der Waals surface area (Å²) in [6.45, 7) is 1.33. The molecule has 0 aliphatic carbocycles. The van der Waals surface area contributed by atoms with Gasteiger partial charge in [0.15, 0.2) is 0 Å². The van der Waals surface area contributed by atoms with Crippen LogP contribution in [0.15, 0.2) is 30.3 Å². The van der Waals surface area contributed by atoms with Crippen molar-refractivity contribution in [2.75, 3.05) is 13.2 Å². The second-order valence-corrected chi connectivity index (χ2v) is 6.31. The first-order valence-corrected chi connectivity index (χ1v) is 8.21. The van der Waals surface area contributed by atoms with Crippen LogP contribution in [0.3, 0.4) is 0 Å². The summed E-state index contributed by atoms with van der Waals surface area (Å²) in [5, 5.41) is 0. The van der Waals surface area contributed by atoms with Crippen molar-refractivity contribution in [2.45, 2.75) is 25.6 Å². The van der Waals surface area contributed by atoms with Crippen molar-refractivity contribution in [3.8, 4) is 9.89 Å². The Kier molecular flexibility index (Phi) is 5.89. The van der Waals surface area contributed by atoms with Crippen molar-refractivity contribution >= 4 is 24.5 Å². The van der Waals surface area contributed by atoms with Gasteiger partial charge in [0.1, 0.15) is 0 Å². The van der Waals surface area contributed by atoms with E-state index in [4.69, 9.17) is 9.47 Å². The summed E-state index contributed by atoms with van der Waals surface area (Å²) in [6, 6.07) is 10.4. The predicted molar refractivity (Wildman–Crippen MR) is 69.1 cm³/mol. The zero-order valence-electron chi connectivity index (χ0n) is 9.72. The van der Waals surface area contributed by atoms with Crippen molar-refractivity contribution in [2.24, 2.45) is 0 Å². The molecule has 1 heterocycles. The Bertz CT molecular complexity index is 374. The van der Waals surface area contributed by atoms with Gasteiger partial charge >= 0.3 is 113 Å². The zero-order chi connectivity index (χ0) is 11.8. The van der Waals surface area contributed by atoms with Gasteiger partial charge in [-0.25, -0.2) is 0 Å². The molecule has 0 bridgehead atoms. The quantitative estimate of drug-likeness (QED) is 0.612. The van der Waals surface area contributed by atoms with Gasteiger partial charge in [0, 0.05) is 0 Å². The van der Waals surface area contributed by atoms with Gasteiger partial charge in [0.05, 0.1) is 0 Å². The molecule has 0 radical (unpaired) electrons. The zero-order valence-corrected chi connectivity index (χ0v) is 12.1. The number of rotatable bonds is 3. The fourth-order valence-corrected chi connectivity index (χ4v) is 3.14. The van der Waals surface area contributed by atoms with E-state index in [-0.39, 0.29) is 27.2 Å². The van der Waals surface area contributed by atoms with Gasteiger partial charge in [0.2, 0.25) is 0 Å². The van der Waals surface area contributed by atoms with Crippen LogP contribution >= 0.6 is 0 Å². The summed E-state index contributed by atoms with van der Waals surface area (Å²) < 4.78 is 15.6. The van der Waals surface area contributed by atoms with Crippen LogP contribution < -0.4 is 3.61 Å². The summed E-state index contributed by atoms with van der Waals surface area (Å²) in [7, 11) is 0. The van der Waals surface area contributed by atoms with Crippen LogP contribution in [0.4, 0.5) is 0 Å². The summed E-state index contributed by atoms with van der Waals surface area (Å²) >= 11 is -0.363. The van der Waals surface area contributed by atoms with Gasteiger partial charge in [-0.15, -0.1) is 0 Å². The molecule has 0 amide bonds. The molecule has 17 heavy (non-hydrogen) atoms. The first-order valence-electron chi connectivity index (χ1n) is 5.88. The predicted octanol–water partition coefficient (Wildman–Crippen LogP) is 1.52. The summed E-state index contributed by atoms with van der Waals surface area (Å²) in [4.78, 5) is 0. The standard InChI is InChI=1S/C14H16O2Te/c1-2-7-13(8-3-1)17-12-6-11-16-14-9-4-5-10-15-14/h1-3,7-8,14H,4-5,9-11H2. The molecule has 0 aromatic heterocycles. The monoisotopic (exact) mass is 346 g/mol. The third-order valence-corrected chi connectivity index (χ3v) is 4.62. The summed E-state index contributed by atoms with van der Waals surface area (Å²) in [6.07, 6.45) is 3.36. The Morgan fingerprint density at radius 3 is 2.94 bits per heavy atom. The van der Waals surface area contributed by atoms with Gasteiger partial charge in [-0.2, -0.15) is 0 Å². The molecular formula is C14H16O2Te. The van der Waals surface area contributed by atoms with E-state index < -0.39 is 0 Å². The molecule has 0 N–H and O–H groups in total. The first-order chi connectivity index (χ1) is 8.45. The molecule has 1 aliphatic rings. The van der Waals surface area contributed by atoms with Crippen molar-refractivity contribution in [3.63, 3.8) is 0 Å². The molecule has 1 aromatic carbocycles. The number of benzene rings is 1. The second kappa shape index (κ2) is 7.75. The third-order valence-electron chi connectivity index (χ3n) is 2.46. The first kappa shape index (κ1) is 12.9. The molecule has 1 unspecified atom stereocenters. The Hall–Kier alpha value is -0.510. The average molecular weight is 344 g/mol. The Morgan fingerprint density at radius 2 is 2.18 bits per heavy atom. The third kappa shape index (κ3) is 5.11. The van der Waals surface area contributed by atoms with E-state index >= 15 is 0 Å². The minimum atomic E-state index is -0.363. The van der Waals surface area contributed by atoms with E-state index in [1.54, 1.807) is 0 Å². The SMILES string of the molecule is C(#C[Te]c1ccccc1)COC1CCCCO1. The van der Waals surface area contributed by atoms with Crippen LogP contribution in [0.25, 0.3) is 0 Å². The molecule has 1 aromatic rings. The maximum atomic E-state index is 5.55. The number of hydrogen-bond donors (Lipinski definition) is 0. The fourth-order valence-electron chi connectivity index (χ4n) is 1.59. The topological polar surface area (TPSA) is 18.5 Å². The Labute approximate surface area is 113 Å². The van der Waals surface area contributed by atoms with Gasteiger partial charge in [-0.1, -0.05) is 0 Å². The molecule has 2 nitrogen and oxygen atoms in total. The van der Waals surface area contributed by atoms with Crippen LogP contribution in [0.2, 0.25) is 0 Å². The van der Waals surface area contributed by atoms with Crippen molar-refractivity contribution < 1.29 is 9.47 Å². The Morgan fingerprint density at radius 1 is 1.29 bits per heavy atom. The van der Waals surface area contributed by atoms with Crippen LogP contribution in [-0.2, 0) is 9.47 Å². The number of hydrogen-bond acceptors (Lipinski definition) is 2. The van der Waals surface area contributed by atoms with Crippen molar-refractivity contribution in [1.82, 2.24) is 0 Å². The van der Waals surface area contributed by atoms with Gasteiger partial charge in [-0.05, 0) is 0 Å². The summed E-state index contributed by atoms with van der Waals surface area (Å²) in [5.41, 5.74) is 0. The normalized spacial score (nSPS) is 19.4. The number of ether oxygens (including phenoxy) is 2. The van der Waals surface area contributed by atoms with E-state index in [2.05, 4.69) is 34.2 Å². The maximum absolute atomic E-state index is 5.55. The molecule has 2 rings (SSSR count). The van der Waals surface area contributed by atoms with Crippen LogP contribution in [0, 0.1) is 9.89 Å². The fraction of sp³-hybridized carbons (Fsp3) is 0.429. The molecule has 3 heteroatoms. The van der Waals surface area contributed by atoms with Crippen LogP contribution in [0.1, 0.15) is 19.3 Å². The molecule has 1 saturated heterocycles. The summed E-state index contributed by atoms with van der Waals surface area (Å²) in [5.74, 6) is 3.09. The molecule has 0 saturated carbocycles. The van der Waals surface area contributed by atoms with Crippen molar-refractivity contribution in [1.29, 1.82) is 0 Å². The van der Waals surface area contributed by atoms with Crippen LogP contribution in [0.5, 0.6) is 0 Å². The molecule has 1 aliphatic heterocycles. The van der Waals surface area contributed by atoms with Gasteiger partial charge in [0.25, 0.3) is 0 Å². The molecule has 1 fully saturated rings. The van der Waals surface area contributed by atoms with E-state index in [1.807, 2.05) is 6.07 Å².